The first-order valence-electron chi connectivity index (χ1n) is 7.42. The standard InChI is InChI=1S/C18H12F3NO2S/c19-18(20,21)13-2-1-8-22-17(13)15(24)5-4-14(23)11-3-6-16-12(10-11)7-9-25-16/h1-3,6-10H,4-5H2. The molecule has 0 radical (unpaired) electrons. The summed E-state index contributed by atoms with van der Waals surface area (Å²) >= 11 is 1.55. The van der Waals surface area contributed by atoms with Gasteiger partial charge in [0.15, 0.2) is 11.6 Å². The lowest BCUT2D eigenvalue weighted by atomic mass is 10.0. The second kappa shape index (κ2) is 6.76. The highest BCUT2D eigenvalue weighted by Crippen LogP contribution is 2.31. The number of ketones is 2. The number of aromatic nitrogens is 1. The average Bonchev–Trinajstić information content (AvgIpc) is 3.06. The summed E-state index contributed by atoms with van der Waals surface area (Å²) in [5.41, 5.74) is -1.28. The van der Waals surface area contributed by atoms with Crippen molar-refractivity contribution in [3.05, 3.63) is 64.8 Å². The molecule has 0 spiro atoms. The number of hydrogen-bond acceptors (Lipinski definition) is 4. The molecule has 0 N–H and O–H groups in total. The fourth-order valence-electron chi connectivity index (χ4n) is 2.49. The summed E-state index contributed by atoms with van der Waals surface area (Å²) in [5, 5.41) is 2.83. The summed E-state index contributed by atoms with van der Waals surface area (Å²) in [7, 11) is 0. The van der Waals surface area contributed by atoms with Gasteiger partial charge in [0.05, 0.1) is 5.56 Å². The Balaban J connectivity index is 1.73. The molecule has 128 valence electrons. The minimum atomic E-state index is -4.66. The summed E-state index contributed by atoms with van der Waals surface area (Å²) in [6.07, 6.45) is -4.01. The molecule has 3 aromatic rings. The number of Topliss-reactive ketones (excluding diaryl/α,β-unsaturated/α-hetero) is 2. The van der Waals surface area contributed by atoms with Crippen LogP contribution in [0.2, 0.25) is 0 Å². The largest absolute Gasteiger partial charge is 0.418 e. The van der Waals surface area contributed by atoms with Crippen LogP contribution < -0.4 is 0 Å². The van der Waals surface area contributed by atoms with E-state index in [1.54, 1.807) is 23.5 Å². The van der Waals surface area contributed by atoms with Crippen molar-refractivity contribution in [3.63, 3.8) is 0 Å². The van der Waals surface area contributed by atoms with Crippen LogP contribution in [0.1, 0.15) is 39.3 Å². The summed E-state index contributed by atoms with van der Waals surface area (Å²) < 4.78 is 39.8. The van der Waals surface area contributed by atoms with E-state index in [2.05, 4.69) is 4.98 Å². The van der Waals surface area contributed by atoms with E-state index in [0.717, 1.165) is 28.4 Å². The molecule has 0 unspecified atom stereocenters. The van der Waals surface area contributed by atoms with Crippen molar-refractivity contribution < 1.29 is 22.8 Å². The minimum Gasteiger partial charge on any atom is -0.294 e. The highest BCUT2D eigenvalue weighted by Gasteiger charge is 2.35. The molecule has 0 aliphatic heterocycles. The van der Waals surface area contributed by atoms with Crippen LogP contribution in [0.25, 0.3) is 10.1 Å². The Morgan fingerprint density at radius 1 is 1.04 bits per heavy atom. The Morgan fingerprint density at radius 3 is 2.56 bits per heavy atom. The molecular formula is C18H12F3NO2S. The molecule has 0 aliphatic carbocycles. The molecule has 1 aromatic carbocycles. The second-order valence-corrected chi connectivity index (χ2v) is 6.36. The number of hydrogen-bond donors (Lipinski definition) is 0. The molecule has 3 rings (SSSR count). The molecule has 0 amide bonds. The van der Waals surface area contributed by atoms with Crippen LogP contribution in [0.3, 0.4) is 0 Å². The van der Waals surface area contributed by atoms with Gasteiger partial charge in [-0.25, -0.2) is 0 Å². The number of benzene rings is 1. The van der Waals surface area contributed by atoms with Gasteiger partial charge >= 0.3 is 6.18 Å². The first-order chi connectivity index (χ1) is 11.9. The zero-order valence-electron chi connectivity index (χ0n) is 12.8. The Kier molecular flexibility index (Phi) is 4.67. The van der Waals surface area contributed by atoms with Crippen molar-refractivity contribution in [2.45, 2.75) is 19.0 Å². The third-order valence-electron chi connectivity index (χ3n) is 3.73. The van der Waals surface area contributed by atoms with Crippen LogP contribution in [-0.2, 0) is 6.18 Å². The quantitative estimate of drug-likeness (QED) is 0.588. The summed E-state index contributed by atoms with van der Waals surface area (Å²) in [5.74, 6) is -1.08. The first kappa shape index (κ1) is 17.3. The third kappa shape index (κ3) is 3.76. The van der Waals surface area contributed by atoms with Crippen LogP contribution >= 0.6 is 11.3 Å². The number of rotatable bonds is 5. The molecule has 2 aromatic heterocycles. The van der Waals surface area contributed by atoms with Gasteiger partial charge in [0.2, 0.25) is 0 Å². The predicted octanol–water partition coefficient (Wildman–Crippen LogP) is 5.16. The number of pyridine rings is 1. The minimum absolute atomic E-state index is 0.164. The summed E-state index contributed by atoms with van der Waals surface area (Å²) in [6.45, 7) is 0. The van der Waals surface area contributed by atoms with E-state index in [9.17, 15) is 22.8 Å². The summed E-state index contributed by atoms with van der Waals surface area (Å²) in [4.78, 5) is 27.9. The molecule has 0 saturated carbocycles. The number of thiophene rings is 1. The Labute approximate surface area is 145 Å². The van der Waals surface area contributed by atoms with Crippen molar-refractivity contribution in [3.8, 4) is 0 Å². The van der Waals surface area contributed by atoms with Crippen molar-refractivity contribution in [2.24, 2.45) is 0 Å². The molecule has 0 atom stereocenters. The second-order valence-electron chi connectivity index (χ2n) is 5.42. The maximum Gasteiger partial charge on any atom is 0.418 e. The lowest BCUT2D eigenvalue weighted by Gasteiger charge is -2.10. The van der Waals surface area contributed by atoms with E-state index in [0.29, 0.717) is 5.56 Å². The third-order valence-corrected chi connectivity index (χ3v) is 4.63. The number of nitrogens with zero attached hydrogens (tertiary/aromatic N) is 1. The topological polar surface area (TPSA) is 47.0 Å². The van der Waals surface area contributed by atoms with E-state index in [-0.39, 0.29) is 18.6 Å². The number of carbonyl (C=O) groups is 2. The van der Waals surface area contributed by atoms with Gasteiger partial charge in [-0.3, -0.25) is 14.6 Å². The zero-order chi connectivity index (χ0) is 18.0. The molecule has 3 nitrogen and oxygen atoms in total. The van der Waals surface area contributed by atoms with Crippen molar-refractivity contribution >= 4 is 33.0 Å². The smallest absolute Gasteiger partial charge is 0.294 e. The van der Waals surface area contributed by atoms with E-state index >= 15 is 0 Å². The molecule has 0 saturated heterocycles. The number of fused-ring (bicyclic) bond motifs is 1. The molecule has 25 heavy (non-hydrogen) atoms. The lowest BCUT2D eigenvalue weighted by molar-refractivity contribution is -0.138. The molecule has 7 heteroatoms. The maximum atomic E-state index is 12.9. The van der Waals surface area contributed by atoms with Gasteiger partial charge in [-0.05, 0) is 47.2 Å². The van der Waals surface area contributed by atoms with Gasteiger partial charge in [-0.2, -0.15) is 13.2 Å². The van der Waals surface area contributed by atoms with Gasteiger partial charge in [-0.1, -0.05) is 0 Å². The number of carbonyl (C=O) groups excluding carboxylic acids is 2. The highest BCUT2D eigenvalue weighted by molar-refractivity contribution is 7.17. The predicted molar refractivity (Wildman–Crippen MR) is 89.0 cm³/mol. The van der Waals surface area contributed by atoms with Gasteiger partial charge < -0.3 is 0 Å². The molecule has 2 heterocycles. The van der Waals surface area contributed by atoms with Crippen LogP contribution in [0.15, 0.2) is 48.0 Å². The Bertz CT molecular complexity index is 947. The van der Waals surface area contributed by atoms with E-state index < -0.39 is 23.2 Å². The van der Waals surface area contributed by atoms with Gasteiger partial charge in [0.1, 0.15) is 5.69 Å². The molecule has 0 bridgehead atoms. The molecule has 0 fully saturated rings. The van der Waals surface area contributed by atoms with Crippen LogP contribution in [-0.4, -0.2) is 16.6 Å². The fraction of sp³-hybridized carbons (Fsp3) is 0.167. The van der Waals surface area contributed by atoms with Gasteiger partial charge in [-0.15, -0.1) is 11.3 Å². The number of alkyl halides is 3. The molecule has 0 aliphatic rings. The van der Waals surface area contributed by atoms with E-state index in [1.165, 1.54) is 0 Å². The lowest BCUT2D eigenvalue weighted by Crippen LogP contribution is -2.15. The van der Waals surface area contributed by atoms with Crippen molar-refractivity contribution in [2.75, 3.05) is 0 Å². The normalized spacial score (nSPS) is 11.6. The average molecular weight is 363 g/mol. The Hall–Kier alpha value is -2.54. The monoisotopic (exact) mass is 363 g/mol. The SMILES string of the molecule is O=C(CCC(=O)c1ncccc1C(F)(F)F)c1ccc2sccc2c1. The van der Waals surface area contributed by atoms with Gasteiger partial charge in [0, 0.05) is 29.3 Å². The van der Waals surface area contributed by atoms with E-state index in [1.807, 2.05) is 17.5 Å². The van der Waals surface area contributed by atoms with E-state index in [4.69, 9.17) is 0 Å². The highest BCUT2D eigenvalue weighted by atomic mass is 32.1. The fourth-order valence-corrected chi connectivity index (χ4v) is 3.26. The van der Waals surface area contributed by atoms with Crippen LogP contribution in [0.5, 0.6) is 0 Å². The molecular weight excluding hydrogens is 351 g/mol. The van der Waals surface area contributed by atoms with Gasteiger partial charge in [0.25, 0.3) is 0 Å². The Morgan fingerprint density at radius 2 is 1.80 bits per heavy atom. The maximum absolute atomic E-state index is 12.9. The summed E-state index contributed by atoms with van der Waals surface area (Å²) in [6, 6.07) is 9.02. The van der Waals surface area contributed by atoms with Crippen LogP contribution in [0.4, 0.5) is 13.2 Å². The van der Waals surface area contributed by atoms with Crippen molar-refractivity contribution in [1.82, 2.24) is 4.98 Å². The van der Waals surface area contributed by atoms with Crippen molar-refractivity contribution in [1.29, 1.82) is 0 Å². The van der Waals surface area contributed by atoms with Crippen LogP contribution in [0, 0.1) is 0 Å². The zero-order valence-corrected chi connectivity index (χ0v) is 13.7. The first-order valence-corrected chi connectivity index (χ1v) is 8.30. The number of halogens is 3.